The van der Waals surface area contributed by atoms with Gasteiger partial charge in [-0.1, -0.05) is 37.3 Å². The minimum Gasteiger partial charge on any atom is -0.326 e. The van der Waals surface area contributed by atoms with E-state index in [9.17, 15) is 4.79 Å². The summed E-state index contributed by atoms with van der Waals surface area (Å²) in [5.41, 5.74) is 4.22. The van der Waals surface area contributed by atoms with Crippen molar-refractivity contribution in [2.75, 3.05) is 0 Å². The molecular weight excluding hydrogens is 316 g/mol. The van der Waals surface area contributed by atoms with Crippen LogP contribution in [-0.4, -0.2) is 4.98 Å². The number of H-pyrrole nitrogens is 1. The lowest BCUT2D eigenvalue weighted by atomic mass is 10.1. The van der Waals surface area contributed by atoms with Crippen molar-refractivity contribution in [3.63, 3.8) is 0 Å². The summed E-state index contributed by atoms with van der Waals surface area (Å²) in [6, 6.07) is 16.7. The molecule has 124 valence electrons. The van der Waals surface area contributed by atoms with Gasteiger partial charge in [-0.3, -0.25) is 4.79 Å². The van der Waals surface area contributed by atoms with E-state index in [0.29, 0.717) is 0 Å². The number of thiophene rings is 1. The average Bonchev–Trinajstić information content (AvgIpc) is 3.04. The number of aromatic amines is 1. The monoisotopic (exact) mass is 338 g/mol. The molecule has 3 nitrogen and oxygen atoms in total. The van der Waals surface area contributed by atoms with E-state index in [1.807, 2.05) is 26.0 Å². The number of nitrogens with one attached hydrogen (secondary N) is 2. The third kappa shape index (κ3) is 3.83. The van der Waals surface area contributed by atoms with E-state index in [2.05, 4.69) is 46.7 Å². The molecule has 1 aromatic carbocycles. The van der Waals surface area contributed by atoms with Gasteiger partial charge < -0.3 is 10.3 Å². The predicted molar refractivity (Wildman–Crippen MR) is 101 cm³/mol. The van der Waals surface area contributed by atoms with Crippen LogP contribution in [0.1, 0.15) is 28.6 Å². The van der Waals surface area contributed by atoms with Crippen LogP contribution in [0.25, 0.3) is 10.4 Å². The summed E-state index contributed by atoms with van der Waals surface area (Å²) in [6.07, 6.45) is 0.749. The smallest absolute Gasteiger partial charge is 0.251 e. The van der Waals surface area contributed by atoms with Gasteiger partial charge in [0, 0.05) is 39.7 Å². The molecule has 3 aromatic rings. The van der Waals surface area contributed by atoms with E-state index in [4.69, 9.17) is 0 Å². The van der Waals surface area contributed by atoms with Gasteiger partial charge in [-0.15, -0.1) is 11.3 Å². The highest BCUT2D eigenvalue weighted by Gasteiger charge is 2.09. The zero-order chi connectivity index (χ0) is 16.9. The molecule has 24 heavy (non-hydrogen) atoms. The number of hydrogen-bond donors (Lipinski definition) is 2. The molecule has 2 heterocycles. The summed E-state index contributed by atoms with van der Waals surface area (Å²) in [5.74, 6) is 0. The Morgan fingerprint density at radius 1 is 1.08 bits per heavy atom. The zero-order valence-corrected chi connectivity index (χ0v) is 14.9. The molecule has 0 aliphatic carbocycles. The van der Waals surface area contributed by atoms with E-state index in [1.165, 1.54) is 15.3 Å². The summed E-state index contributed by atoms with van der Waals surface area (Å²) < 4.78 is 0. The maximum Gasteiger partial charge on any atom is 0.251 e. The van der Waals surface area contributed by atoms with E-state index in [-0.39, 0.29) is 5.56 Å². The standard InChI is InChI=1S/C20H22N2OS/c1-3-16-11-18(14(2)22-20(16)23)19-10-9-17(24-19)13-21-12-15-7-5-4-6-8-15/h4-11,21H,3,12-13H2,1-2H3,(H,22,23). The third-order valence-corrected chi connectivity index (χ3v) is 5.21. The molecule has 0 bridgehead atoms. The molecular formula is C20H22N2OS. The van der Waals surface area contributed by atoms with Crippen LogP contribution in [0.15, 0.2) is 53.3 Å². The van der Waals surface area contributed by atoms with Crippen LogP contribution >= 0.6 is 11.3 Å². The first-order chi connectivity index (χ1) is 11.7. The minimum absolute atomic E-state index is 0.0278. The Bertz CT molecular complexity index is 865. The molecule has 2 aromatic heterocycles. The summed E-state index contributed by atoms with van der Waals surface area (Å²) in [7, 11) is 0. The second-order valence-corrected chi connectivity index (χ2v) is 7.04. The van der Waals surface area contributed by atoms with E-state index in [1.54, 1.807) is 11.3 Å². The highest BCUT2D eigenvalue weighted by molar-refractivity contribution is 7.15. The van der Waals surface area contributed by atoms with Gasteiger partial charge in [-0.05, 0) is 37.1 Å². The molecule has 0 spiro atoms. The third-order valence-electron chi connectivity index (χ3n) is 4.09. The van der Waals surface area contributed by atoms with Crippen LogP contribution in [-0.2, 0) is 19.5 Å². The number of rotatable bonds is 6. The number of aromatic nitrogens is 1. The summed E-state index contributed by atoms with van der Waals surface area (Å²) in [5, 5.41) is 3.48. The Labute approximate surface area is 146 Å². The van der Waals surface area contributed by atoms with Gasteiger partial charge in [0.05, 0.1) is 0 Å². The lowest BCUT2D eigenvalue weighted by Gasteiger charge is -2.06. The highest BCUT2D eigenvalue weighted by atomic mass is 32.1. The van der Waals surface area contributed by atoms with Crippen LogP contribution in [0.2, 0.25) is 0 Å². The largest absolute Gasteiger partial charge is 0.326 e. The first kappa shape index (κ1) is 16.7. The Morgan fingerprint density at radius 3 is 2.62 bits per heavy atom. The van der Waals surface area contributed by atoms with Gasteiger partial charge in [0.2, 0.25) is 0 Å². The van der Waals surface area contributed by atoms with E-state index < -0.39 is 0 Å². The molecule has 4 heteroatoms. The molecule has 0 saturated carbocycles. The van der Waals surface area contributed by atoms with Crippen molar-refractivity contribution in [3.8, 4) is 10.4 Å². The molecule has 0 saturated heterocycles. The fourth-order valence-corrected chi connectivity index (χ4v) is 3.78. The van der Waals surface area contributed by atoms with Crippen LogP contribution in [0.3, 0.4) is 0 Å². The summed E-state index contributed by atoms with van der Waals surface area (Å²) >= 11 is 1.78. The fourth-order valence-electron chi connectivity index (χ4n) is 2.73. The molecule has 0 atom stereocenters. The molecule has 3 rings (SSSR count). The van der Waals surface area contributed by atoms with Crippen LogP contribution < -0.4 is 10.9 Å². The first-order valence-electron chi connectivity index (χ1n) is 8.24. The van der Waals surface area contributed by atoms with Crippen LogP contribution in [0.4, 0.5) is 0 Å². The summed E-state index contributed by atoms with van der Waals surface area (Å²) in [4.78, 5) is 17.3. The zero-order valence-electron chi connectivity index (χ0n) is 14.1. The maximum absolute atomic E-state index is 11.9. The number of aryl methyl sites for hydroxylation is 2. The molecule has 2 N–H and O–H groups in total. The molecule has 0 radical (unpaired) electrons. The Hall–Kier alpha value is -2.17. The van der Waals surface area contributed by atoms with E-state index >= 15 is 0 Å². The molecule has 0 unspecified atom stereocenters. The number of benzene rings is 1. The van der Waals surface area contributed by atoms with Crippen LogP contribution in [0.5, 0.6) is 0 Å². The second kappa shape index (κ2) is 7.60. The second-order valence-electron chi connectivity index (χ2n) is 5.87. The van der Waals surface area contributed by atoms with E-state index in [0.717, 1.165) is 36.3 Å². The molecule has 0 fully saturated rings. The number of hydrogen-bond acceptors (Lipinski definition) is 3. The topological polar surface area (TPSA) is 44.9 Å². The minimum atomic E-state index is 0.0278. The first-order valence-corrected chi connectivity index (χ1v) is 9.05. The van der Waals surface area contributed by atoms with Gasteiger partial charge >= 0.3 is 0 Å². The molecule has 0 amide bonds. The highest BCUT2D eigenvalue weighted by Crippen LogP contribution is 2.30. The van der Waals surface area contributed by atoms with Crippen molar-refractivity contribution in [1.29, 1.82) is 0 Å². The average molecular weight is 338 g/mol. The van der Waals surface area contributed by atoms with Crippen molar-refractivity contribution in [2.45, 2.75) is 33.4 Å². The van der Waals surface area contributed by atoms with Crippen LogP contribution in [0, 0.1) is 6.92 Å². The van der Waals surface area contributed by atoms with Gasteiger partial charge in [0.15, 0.2) is 0 Å². The van der Waals surface area contributed by atoms with Crippen molar-refractivity contribution in [1.82, 2.24) is 10.3 Å². The Balaban J connectivity index is 1.70. The maximum atomic E-state index is 11.9. The predicted octanol–water partition coefficient (Wildman–Crippen LogP) is 4.26. The van der Waals surface area contributed by atoms with Gasteiger partial charge in [-0.2, -0.15) is 0 Å². The molecule has 0 aliphatic rings. The quantitative estimate of drug-likeness (QED) is 0.705. The van der Waals surface area contributed by atoms with Crippen molar-refractivity contribution in [3.05, 3.63) is 80.6 Å². The van der Waals surface area contributed by atoms with Gasteiger partial charge in [-0.25, -0.2) is 0 Å². The van der Waals surface area contributed by atoms with Gasteiger partial charge in [0.1, 0.15) is 0 Å². The molecule has 0 aliphatic heterocycles. The van der Waals surface area contributed by atoms with Gasteiger partial charge in [0.25, 0.3) is 5.56 Å². The lowest BCUT2D eigenvalue weighted by Crippen LogP contribution is -2.13. The SMILES string of the molecule is CCc1cc(-c2ccc(CNCc3ccccc3)s2)c(C)[nH]c1=O. The fraction of sp³-hybridized carbons (Fsp3) is 0.250. The lowest BCUT2D eigenvalue weighted by molar-refractivity contribution is 0.701. The van der Waals surface area contributed by atoms with Crippen molar-refractivity contribution in [2.24, 2.45) is 0 Å². The van der Waals surface area contributed by atoms with Crippen molar-refractivity contribution >= 4 is 11.3 Å². The Kier molecular flexibility index (Phi) is 5.28. The number of pyridine rings is 1. The Morgan fingerprint density at radius 2 is 1.88 bits per heavy atom. The van der Waals surface area contributed by atoms with Crippen molar-refractivity contribution < 1.29 is 0 Å². The summed E-state index contributed by atoms with van der Waals surface area (Å²) in [6.45, 7) is 5.69. The normalized spacial score (nSPS) is 10.9.